The molecule has 12 heavy (non-hydrogen) atoms. The summed E-state index contributed by atoms with van der Waals surface area (Å²) in [5.74, 6) is 1.39. The van der Waals surface area contributed by atoms with E-state index in [9.17, 15) is 0 Å². The fourth-order valence-electron chi connectivity index (χ4n) is 2.35. The van der Waals surface area contributed by atoms with Crippen molar-refractivity contribution in [3.05, 3.63) is 0 Å². The molecule has 2 fully saturated rings. The zero-order valence-corrected chi connectivity index (χ0v) is 8.05. The fraction of sp³-hybridized carbons (Fsp3) is 1.00. The Morgan fingerprint density at radius 1 is 1.50 bits per heavy atom. The standard InChI is InChI=1S/C10H19NO/c1-10(2)5-8(10)9(11)7-3-4-12-6-7/h7-9H,3-6,11H2,1-2H3. The average molecular weight is 169 g/mol. The molecule has 0 radical (unpaired) electrons. The van der Waals surface area contributed by atoms with Crippen LogP contribution < -0.4 is 5.73 Å². The van der Waals surface area contributed by atoms with Gasteiger partial charge in [-0.1, -0.05) is 13.8 Å². The summed E-state index contributed by atoms with van der Waals surface area (Å²) >= 11 is 0. The first-order valence-corrected chi connectivity index (χ1v) is 4.94. The van der Waals surface area contributed by atoms with E-state index in [2.05, 4.69) is 13.8 Å². The molecule has 70 valence electrons. The lowest BCUT2D eigenvalue weighted by molar-refractivity contribution is 0.177. The molecular formula is C10H19NO. The Balaban J connectivity index is 1.88. The van der Waals surface area contributed by atoms with Crippen LogP contribution in [0.4, 0.5) is 0 Å². The van der Waals surface area contributed by atoms with Crippen LogP contribution in [0.2, 0.25) is 0 Å². The van der Waals surface area contributed by atoms with Gasteiger partial charge in [-0.2, -0.15) is 0 Å². The van der Waals surface area contributed by atoms with E-state index in [4.69, 9.17) is 10.5 Å². The Labute approximate surface area is 74.5 Å². The Hall–Kier alpha value is -0.0800. The normalized spacial score (nSPS) is 41.2. The van der Waals surface area contributed by atoms with Crippen LogP contribution in [0.25, 0.3) is 0 Å². The molecule has 1 saturated carbocycles. The molecule has 1 aliphatic heterocycles. The largest absolute Gasteiger partial charge is 0.381 e. The predicted octanol–water partition coefficient (Wildman–Crippen LogP) is 1.40. The molecular weight excluding hydrogens is 150 g/mol. The van der Waals surface area contributed by atoms with Crippen molar-refractivity contribution in [1.29, 1.82) is 0 Å². The van der Waals surface area contributed by atoms with E-state index >= 15 is 0 Å². The Morgan fingerprint density at radius 3 is 2.58 bits per heavy atom. The highest BCUT2D eigenvalue weighted by molar-refractivity contribution is 5.02. The second-order valence-electron chi connectivity index (χ2n) is 5.00. The molecule has 0 amide bonds. The second kappa shape index (κ2) is 2.71. The van der Waals surface area contributed by atoms with Gasteiger partial charge in [0.2, 0.25) is 0 Å². The molecule has 1 heterocycles. The molecule has 2 N–H and O–H groups in total. The zero-order valence-electron chi connectivity index (χ0n) is 8.05. The maximum absolute atomic E-state index is 6.18. The summed E-state index contributed by atoms with van der Waals surface area (Å²) in [6.45, 7) is 6.44. The van der Waals surface area contributed by atoms with Crippen molar-refractivity contribution in [2.45, 2.75) is 32.7 Å². The molecule has 2 aliphatic rings. The summed E-state index contributed by atoms with van der Waals surface area (Å²) in [7, 11) is 0. The van der Waals surface area contributed by atoms with Gasteiger partial charge in [0.1, 0.15) is 0 Å². The van der Waals surface area contributed by atoms with E-state index in [0.717, 1.165) is 19.1 Å². The van der Waals surface area contributed by atoms with Crippen molar-refractivity contribution in [2.24, 2.45) is 23.0 Å². The SMILES string of the molecule is CC1(C)CC1C(N)C1CCOC1. The topological polar surface area (TPSA) is 35.2 Å². The number of nitrogens with two attached hydrogens (primary N) is 1. The number of ether oxygens (including phenoxy) is 1. The summed E-state index contributed by atoms with van der Waals surface area (Å²) in [6.07, 6.45) is 2.48. The number of hydrogen-bond donors (Lipinski definition) is 1. The minimum atomic E-state index is 0.391. The molecule has 3 atom stereocenters. The van der Waals surface area contributed by atoms with Crippen LogP contribution >= 0.6 is 0 Å². The monoisotopic (exact) mass is 169 g/mol. The van der Waals surface area contributed by atoms with Gasteiger partial charge >= 0.3 is 0 Å². The number of rotatable bonds is 2. The van der Waals surface area contributed by atoms with Crippen LogP contribution in [0.3, 0.4) is 0 Å². The summed E-state index contributed by atoms with van der Waals surface area (Å²) in [5, 5.41) is 0. The van der Waals surface area contributed by atoms with E-state index in [1.165, 1.54) is 12.8 Å². The molecule has 0 aromatic heterocycles. The summed E-state index contributed by atoms with van der Waals surface area (Å²) < 4.78 is 5.34. The summed E-state index contributed by atoms with van der Waals surface area (Å²) in [4.78, 5) is 0. The Bertz CT molecular complexity index is 168. The Morgan fingerprint density at radius 2 is 2.17 bits per heavy atom. The summed E-state index contributed by atoms with van der Waals surface area (Å²) in [6, 6.07) is 0.391. The van der Waals surface area contributed by atoms with Gasteiger partial charge in [-0.05, 0) is 30.1 Å². The minimum Gasteiger partial charge on any atom is -0.381 e. The smallest absolute Gasteiger partial charge is 0.0510 e. The van der Waals surface area contributed by atoms with Gasteiger partial charge < -0.3 is 10.5 Å². The van der Waals surface area contributed by atoms with Gasteiger partial charge in [0.15, 0.2) is 0 Å². The van der Waals surface area contributed by atoms with Crippen molar-refractivity contribution in [3.8, 4) is 0 Å². The second-order valence-corrected chi connectivity index (χ2v) is 5.00. The van der Waals surface area contributed by atoms with Crippen LogP contribution in [-0.4, -0.2) is 19.3 Å². The maximum atomic E-state index is 6.18. The van der Waals surface area contributed by atoms with Crippen LogP contribution in [0.5, 0.6) is 0 Å². The molecule has 0 aromatic rings. The van der Waals surface area contributed by atoms with Crippen molar-refractivity contribution in [1.82, 2.24) is 0 Å². The lowest BCUT2D eigenvalue weighted by atomic mass is 9.92. The van der Waals surface area contributed by atoms with Gasteiger partial charge in [0.25, 0.3) is 0 Å². The molecule has 2 rings (SSSR count). The molecule has 0 spiro atoms. The first kappa shape index (κ1) is 8.52. The van der Waals surface area contributed by atoms with E-state index in [0.29, 0.717) is 17.4 Å². The van der Waals surface area contributed by atoms with E-state index in [1.807, 2.05) is 0 Å². The highest BCUT2D eigenvalue weighted by Gasteiger charge is 2.51. The van der Waals surface area contributed by atoms with Crippen LogP contribution in [0, 0.1) is 17.3 Å². The summed E-state index contributed by atoms with van der Waals surface area (Å²) in [5.41, 5.74) is 6.70. The number of hydrogen-bond acceptors (Lipinski definition) is 2. The lowest BCUT2D eigenvalue weighted by Crippen LogP contribution is -2.34. The van der Waals surface area contributed by atoms with Gasteiger partial charge in [0, 0.05) is 12.6 Å². The zero-order chi connectivity index (χ0) is 8.77. The van der Waals surface area contributed by atoms with Crippen LogP contribution in [0.1, 0.15) is 26.7 Å². The van der Waals surface area contributed by atoms with Crippen molar-refractivity contribution in [2.75, 3.05) is 13.2 Å². The molecule has 0 bridgehead atoms. The highest BCUT2D eigenvalue weighted by Crippen LogP contribution is 2.54. The third kappa shape index (κ3) is 1.38. The quantitative estimate of drug-likeness (QED) is 0.678. The fourth-order valence-corrected chi connectivity index (χ4v) is 2.35. The van der Waals surface area contributed by atoms with E-state index < -0.39 is 0 Å². The molecule has 0 aromatic carbocycles. The third-order valence-corrected chi connectivity index (χ3v) is 3.56. The van der Waals surface area contributed by atoms with Crippen LogP contribution in [0.15, 0.2) is 0 Å². The van der Waals surface area contributed by atoms with Gasteiger partial charge in [-0.3, -0.25) is 0 Å². The van der Waals surface area contributed by atoms with E-state index in [-0.39, 0.29) is 0 Å². The highest BCUT2D eigenvalue weighted by atomic mass is 16.5. The first-order chi connectivity index (χ1) is 5.61. The first-order valence-electron chi connectivity index (χ1n) is 4.94. The maximum Gasteiger partial charge on any atom is 0.0510 e. The third-order valence-electron chi connectivity index (χ3n) is 3.56. The molecule has 2 nitrogen and oxygen atoms in total. The lowest BCUT2D eigenvalue weighted by Gasteiger charge is -2.18. The molecule has 2 heteroatoms. The molecule has 3 unspecified atom stereocenters. The molecule has 1 saturated heterocycles. The predicted molar refractivity (Wildman–Crippen MR) is 48.8 cm³/mol. The Kier molecular flexibility index (Phi) is 1.92. The van der Waals surface area contributed by atoms with Gasteiger partial charge in [-0.25, -0.2) is 0 Å². The minimum absolute atomic E-state index is 0.391. The van der Waals surface area contributed by atoms with Crippen molar-refractivity contribution < 1.29 is 4.74 Å². The van der Waals surface area contributed by atoms with Gasteiger partial charge in [0.05, 0.1) is 6.61 Å². The van der Waals surface area contributed by atoms with Crippen molar-refractivity contribution >= 4 is 0 Å². The van der Waals surface area contributed by atoms with E-state index in [1.54, 1.807) is 0 Å². The average Bonchev–Trinajstić information content (AvgIpc) is 2.56. The molecule has 1 aliphatic carbocycles. The van der Waals surface area contributed by atoms with Crippen LogP contribution in [-0.2, 0) is 4.74 Å². The van der Waals surface area contributed by atoms with Crippen molar-refractivity contribution in [3.63, 3.8) is 0 Å². The van der Waals surface area contributed by atoms with Gasteiger partial charge in [-0.15, -0.1) is 0 Å².